The van der Waals surface area contributed by atoms with Crippen molar-refractivity contribution >= 4 is 17.4 Å². The summed E-state index contributed by atoms with van der Waals surface area (Å²) in [4.78, 5) is 12.7. The second-order valence-electron chi connectivity index (χ2n) is 4.66. The van der Waals surface area contributed by atoms with E-state index in [1.165, 1.54) is 6.20 Å². The summed E-state index contributed by atoms with van der Waals surface area (Å²) in [6.45, 7) is 0. The number of nitriles is 1. The number of aromatic nitrogens is 2. The Hall–Kier alpha value is -2.90. The number of benzene rings is 2. The van der Waals surface area contributed by atoms with Gasteiger partial charge in [0, 0.05) is 21.7 Å². The Morgan fingerprint density at radius 2 is 1.91 bits per heavy atom. The van der Waals surface area contributed by atoms with Crippen molar-refractivity contribution in [2.75, 3.05) is 0 Å². The van der Waals surface area contributed by atoms with Crippen LogP contribution in [0.1, 0.15) is 21.6 Å². The van der Waals surface area contributed by atoms with Crippen LogP contribution in [0.25, 0.3) is 11.1 Å². The molecule has 1 N–H and O–H groups in total. The van der Waals surface area contributed by atoms with E-state index >= 15 is 0 Å². The highest BCUT2D eigenvalue weighted by atomic mass is 35.5. The molecular formula is C17H10ClN3O. The molecule has 3 rings (SSSR count). The van der Waals surface area contributed by atoms with Crippen LogP contribution in [0.5, 0.6) is 0 Å². The van der Waals surface area contributed by atoms with Gasteiger partial charge in [-0.2, -0.15) is 10.4 Å². The summed E-state index contributed by atoms with van der Waals surface area (Å²) in [6.07, 6.45) is 1.53. The highest BCUT2D eigenvalue weighted by molar-refractivity contribution is 6.31. The summed E-state index contributed by atoms with van der Waals surface area (Å²) in [7, 11) is 0. The van der Waals surface area contributed by atoms with Gasteiger partial charge in [-0.05, 0) is 17.7 Å². The van der Waals surface area contributed by atoms with E-state index in [1.807, 2.05) is 12.1 Å². The van der Waals surface area contributed by atoms with Gasteiger partial charge in [0.25, 0.3) is 0 Å². The molecule has 0 aliphatic heterocycles. The number of halogens is 1. The van der Waals surface area contributed by atoms with Crippen LogP contribution < -0.4 is 0 Å². The molecule has 0 saturated heterocycles. The van der Waals surface area contributed by atoms with E-state index in [-0.39, 0.29) is 5.78 Å². The minimum atomic E-state index is -0.150. The third-order valence-electron chi connectivity index (χ3n) is 3.30. The Kier molecular flexibility index (Phi) is 3.73. The summed E-state index contributed by atoms with van der Waals surface area (Å²) in [5, 5.41) is 16.1. The Bertz CT molecular complexity index is 878. The molecule has 3 aromatic rings. The maximum Gasteiger partial charge on any atom is 0.193 e. The lowest BCUT2D eigenvalue weighted by molar-refractivity contribution is 0.103. The number of carbonyl (C=O) groups excluding carboxylic acids is 1. The number of nitrogens with one attached hydrogen (secondary N) is 1. The molecule has 0 atom stereocenters. The summed E-state index contributed by atoms with van der Waals surface area (Å²) in [5.74, 6) is -0.150. The van der Waals surface area contributed by atoms with Gasteiger partial charge < -0.3 is 0 Å². The van der Waals surface area contributed by atoms with Gasteiger partial charge in [0.2, 0.25) is 0 Å². The quantitative estimate of drug-likeness (QED) is 0.747. The van der Waals surface area contributed by atoms with Crippen molar-refractivity contribution in [3.05, 3.63) is 76.6 Å². The number of rotatable bonds is 3. The predicted octanol–water partition coefficient (Wildman–Crippen LogP) is 3.83. The molecule has 2 aromatic carbocycles. The second-order valence-corrected chi connectivity index (χ2v) is 5.09. The molecule has 0 saturated carbocycles. The van der Waals surface area contributed by atoms with Crippen molar-refractivity contribution in [2.24, 2.45) is 0 Å². The third kappa shape index (κ3) is 2.50. The molecule has 1 aromatic heterocycles. The number of hydrogen-bond donors (Lipinski definition) is 1. The standard InChI is InChI=1S/C17H10ClN3O/c18-12-6-7-13(15-10-20-21-16(15)9-19)14(8-12)17(22)11-4-2-1-3-5-11/h1-8,10H,(H,20,21). The van der Waals surface area contributed by atoms with Gasteiger partial charge in [0.1, 0.15) is 11.8 Å². The molecule has 0 bridgehead atoms. The van der Waals surface area contributed by atoms with Crippen molar-refractivity contribution in [1.29, 1.82) is 5.26 Å². The zero-order valence-corrected chi connectivity index (χ0v) is 12.1. The van der Waals surface area contributed by atoms with Crippen molar-refractivity contribution in [3.8, 4) is 17.2 Å². The van der Waals surface area contributed by atoms with E-state index in [0.29, 0.717) is 33.0 Å². The molecule has 22 heavy (non-hydrogen) atoms. The number of nitrogens with zero attached hydrogens (tertiary/aromatic N) is 2. The molecule has 0 amide bonds. The summed E-state index contributed by atoms with van der Waals surface area (Å²) < 4.78 is 0. The number of aromatic amines is 1. The summed E-state index contributed by atoms with van der Waals surface area (Å²) in [5.41, 5.74) is 2.52. The van der Waals surface area contributed by atoms with Gasteiger partial charge in [0.15, 0.2) is 5.78 Å². The maximum atomic E-state index is 12.7. The molecule has 0 aliphatic rings. The van der Waals surface area contributed by atoms with E-state index in [2.05, 4.69) is 10.2 Å². The van der Waals surface area contributed by atoms with Gasteiger partial charge in [0.05, 0.1) is 6.20 Å². The monoisotopic (exact) mass is 307 g/mol. The van der Waals surface area contributed by atoms with Crippen LogP contribution >= 0.6 is 11.6 Å². The SMILES string of the molecule is N#Cc1[nH]ncc1-c1ccc(Cl)cc1C(=O)c1ccccc1. The zero-order valence-electron chi connectivity index (χ0n) is 11.4. The van der Waals surface area contributed by atoms with Crippen molar-refractivity contribution < 1.29 is 4.79 Å². The van der Waals surface area contributed by atoms with Crippen molar-refractivity contribution in [1.82, 2.24) is 10.2 Å². The van der Waals surface area contributed by atoms with Crippen LogP contribution in [-0.2, 0) is 0 Å². The predicted molar refractivity (Wildman–Crippen MR) is 83.6 cm³/mol. The van der Waals surface area contributed by atoms with E-state index in [4.69, 9.17) is 16.9 Å². The lowest BCUT2D eigenvalue weighted by atomic mass is 9.94. The van der Waals surface area contributed by atoms with Gasteiger partial charge in [-0.25, -0.2) is 0 Å². The Labute approximate surface area is 132 Å². The number of H-pyrrole nitrogens is 1. The van der Waals surface area contributed by atoms with Gasteiger partial charge in [-0.3, -0.25) is 9.89 Å². The van der Waals surface area contributed by atoms with Crippen LogP contribution in [0.2, 0.25) is 5.02 Å². The lowest BCUT2D eigenvalue weighted by Crippen LogP contribution is -2.03. The molecule has 1 heterocycles. The Morgan fingerprint density at radius 1 is 1.14 bits per heavy atom. The first-order valence-electron chi connectivity index (χ1n) is 6.54. The fraction of sp³-hybridized carbons (Fsp3) is 0. The highest BCUT2D eigenvalue weighted by Crippen LogP contribution is 2.29. The number of ketones is 1. The third-order valence-corrected chi connectivity index (χ3v) is 3.54. The highest BCUT2D eigenvalue weighted by Gasteiger charge is 2.18. The van der Waals surface area contributed by atoms with Crippen molar-refractivity contribution in [3.63, 3.8) is 0 Å². The smallest absolute Gasteiger partial charge is 0.193 e. The van der Waals surface area contributed by atoms with E-state index in [1.54, 1.807) is 42.5 Å². The molecule has 4 nitrogen and oxygen atoms in total. The molecule has 0 fully saturated rings. The normalized spacial score (nSPS) is 10.2. The molecule has 0 aliphatic carbocycles. The Morgan fingerprint density at radius 3 is 2.64 bits per heavy atom. The van der Waals surface area contributed by atoms with Crippen LogP contribution in [0.15, 0.2) is 54.7 Å². The lowest BCUT2D eigenvalue weighted by Gasteiger charge is -2.08. The van der Waals surface area contributed by atoms with Crippen LogP contribution in [0, 0.1) is 11.3 Å². The summed E-state index contributed by atoms with van der Waals surface area (Å²) in [6, 6.07) is 16.0. The van der Waals surface area contributed by atoms with Crippen LogP contribution in [-0.4, -0.2) is 16.0 Å². The zero-order chi connectivity index (χ0) is 15.5. The fourth-order valence-corrected chi connectivity index (χ4v) is 2.43. The van der Waals surface area contributed by atoms with E-state index in [9.17, 15) is 4.79 Å². The van der Waals surface area contributed by atoms with Gasteiger partial charge in [-0.15, -0.1) is 0 Å². The average Bonchev–Trinajstić information content (AvgIpc) is 3.03. The molecule has 106 valence electrons. The maximum absolute atomic E-state index is 12.7. The van der Waals surface area contributed by atoms with Crippen LogP contribution in [0.4, 0.5) is 0 Å². The van der Waals surface area contributed by atoms with Crippen LogP contribution in [0.3, 0.4) is 0 Å². The van der Waals surface area contributed by atoms with E-state index < -0.39 is 0 Å². The first-order chi connectivity index (χ1) is 10.7. The minimum absolute atomic E-state index is 0.150. The largest absolute Gasteiger partial charge is 0.289 e. The molecule has 0 unspecified atom stereocenters. The molecular weight excluding hydrogens is 298 g/mol. The first kappa shape index (κ1) is 14.1. The topological polar surface area (TPSA) is 69.5 Å². The van der Waals surface area contributed by atoms with Gasteiger partial charge >= 0.3 is 0 Å². The summed E-state index contributed by atoms with van der Waals surface area (Å²) >= 11 is 6.04. The van der Waals surface area contributed by atoms with Gasteiger partial charge in [-0.1, -0.05) is 48.0 Å². The second kappa shape index (κ2) is 5.84. The van der Waals surface area contributed by atoms with E-state index in [0.717, 1.165) is 0 Å². The molecule has 5 heteroatoms. The van der Waals surface area contributed by atoms with Crippen molar-refractivity contribution in [2.45, 2.75) is 0 Å². The number of carbonyl (C=O) groups is 1. The first-order valence-corrected chi connectivity index (χ1v) is 6.91. The molecule has 0 radical (unpaired) electrons. The fourth-order valence-electron chi connectivity index (χ4n) is 2.26. The molecule has 0 spiro atoms. The average molecular weight is 308 g/mol. The Balaban J connectivity index is 2.18. The number of hydrogen-bond acceptors (Lipinski definition) is 3. The minimum Gasteiger partial charge on any atom is -0.289 e.